The minimum atomic E-state index is -0.218. The molecule has 10 nitrogen and oxygen atoms in total. The lowest BCUT2D eigenvalue weighted by molar-refractivity contribution is -0.133. The fourth-order valence-electron chi connectivity index (χ4n) is 5.08. The average Bonchev–Trinajstić information content (AvgIpc) is 3.42. The zero-order valence-electron chi connectivity index (χ0n) is 21.7. The van der Waals surface area contributed by atoms with Crippen molar-refractivity contribution in [3.63, 3.8) is 0 Å². The second-order valence-electron chi connectivity index (χ2n) is 9.68. The number of azide groups is 1. The summed E-state index contributed by atoms with van der Waals surface area (Å²) in [7, 11) is 0. The van der Waals surface area contributed by atoms with Crippen LogP contribution in [-0.2, 0) is 11.2 Å². The Labute approximate surface area is 226 Å². The molecule has 0 radical (unpaired) electrons. The quantitative estimate of drug-likeness (QED) is 0.190. The molecule has 1 aliphatic heterocycles. The Kier molecular flexibility index (Phi) is 7.75. The highest BCUT2D eigenvalue weighted by atomic mass is 16.2. The molecule has 5 rings (SSSR count). The van der Waals surface area contributed by atoms with Crippen LogP contribution in [0.15, 0.2) is 78.2 Å². The maximum absolute atomic E-state index is 13.4. The van der Waals surface area contributed by atoms with Crippen LogP contribution in [0.4, 0.5) is 11.4 Å². The van der Waals surface area contributed by atoms with Gasteiger partial charge >= 0.3 is 0 Å². The van der Waals surface area contributed by atoms with Crippen LogP contribution in [-0.4, -0.2) is 58.9 Å². The standard InChI is InChI=1S/C29H30N8O2/c1-20-4-2-3-5-27(20)36-14-15-37(24(18-36)12-13-33-35-30)28(38)16-21-6-9-23(10-7-21)34-29(39)22-8-11-25-26(17-22)32-19-31-25/h2-11,17,19,24H,12-16,18H2,1H3,(H,31,32)(H,34,39). The molecule has 3 aromatic carbocycles. The number of carbonyl (C=O) groups excluding carboxylic acids is 2. The molecule has 1 fully saturated rings. The highest BCUT2D eigenvalue weighted by Gasteiger charge is 2.30. The third kappa shape index (κ3) is 6.02. The van der Waals surface area contributed by atoms with E-state index in [1.54, 1.807) is 24.5 Å². The van der Waals surface area contributed by atoms with E-state index in [2.05, 4.69) is 49.3 Å². The molecule has 10 heteroatoms. The van der Waals surface area contributed by atoms with Crippen LogP contribution in [0.1, 0.15) is 27.9 Å². The number of piperazine rings is 1. The van der Waals surface area contributed by atoms with Gasteiger partial charge in [-0.3, -0.25) is 9.59 Å². The van der Waals surface area contributed by atoms with Crippen molar-refractivity contribution >= 4 is 34.2 Å². The van der Waals surface area contributed by atoms with Gasteiger partial charge in [-0.25, -0.2) is 4.98 Å². The van der Waals surface area contributed by atoms with Crippen molar-refractivity contribution in [2.45, 2.75) is 25.8 Å². The van der Waals surface area contributed by atoms with Crippen LogP contribution < -0.4 is 10.2 Å². The van der Waals surface area contributed by atoms with Crippen LogP contribution in [0, 0.1) is 6.92 Å². The number of anilines is 2. The lowest BCUT2D eigenvalue weighted by Crippen LogP contribution is -2.56. The molecule has 1 aromatic heterocycles. The molecular formula is C29H30N8O2. The van der Waals surface area contributed by atoms with Gasteiger partial charge in [0.05, 0.1) is 23.8 Å². The second-order valence-corrected chi connectivity index (χ2v) is 9.68. The summed E-state index contributed by atoms with van der Waals surface area (Å²) in [5, 5.41) is 6.62. The van der Waals surface area contributed by atoms with Crippen molar-refractivity contribution in [1.82, 2.24) is 14.9 Å². The first-order valence-electron chi connectivity index (χ1n) is 13.0. The second kappa shape index (κ2) is 11.7. The molecule has 2 amide bonds. The molecule has 39 heavy (non-hydrogen) atoms. The van der Waals surface area contributed by atoms with Crippen molar-refractivity contribution in [2.75, 3.05) is 36.4 Å². The first-order valence-corrected chi connectivity index (χ1v) is 13.0. The fraction of sp³-hybridized carbons (Fsp3) is 0.276. The van der Waals surface area contributed by atoms with Crippen molar-refractivity contribution in [1.29, 1.82) is 0 Å². The molecule has 0 aliphatic carbocycles. The van der Waals surface area contributed by atoms with Gasteiger partial charge in [0.25, 0.3) is 5.91 Å². The van der Waals surface area contributed by atoms with Crippen LogP contribution in [0.25, 0.3) is 21.5 Å². The third-order valence-corrected chi connectivity index (χ3v) is 7.13. The first-order chi connectivity index (χ1) is 19.0. The number of amides is 2. The number of aromatic nitrogens is 2. The lowest BCUT2D eigenvalue weighted by atomic mass is 10.0. The summed E-state index contributed by atoms with van der Waals surface area (Å²) in [4.78, 5) is 40.4. The molecule has 2 heterocycles. The molecule has 0 saturated carbocycles. The number of nitrogens with one attached hydrogen (secondary N) is 2. The number of benzene rings is 3. The molecular weight excluding hydrogens is 492 g/mol. The lowest BCUT2D eigenvalue weighted by Gasteiger charge is -2.43. The zero-order chi connectivity index (χ0) is 27.2. The Morgan fingerprint density at radius 2 is 1.95 bits per heavy atom. The minimum absolute atomic E-state index is 0.0371. The van der Waals surface area contributed by atoms with E-state index in [4.69, 9.17) is 5.53 Å². The molecule has 0 spiro atoms. The zero-order valence-corrected chi connectivity index (χ0v) is 21.7. The van der Waals surface area contributed by atoms with E-state index in [0.717, 1.165) is 23.1 Å². The van der Waals surface area contributed by atoms with E-state index in [-0.39, 0.29) is 24.3 Å². The van der Waals surface area contributed by atoms with E-state index in [1.165, 1.54) is 11.3 Å². The van der Waals surface area contributed by atoms with Crippen molar-refractivity contribution < 1.29 is 9.59 Å². The van der Waals surface area contributed by atoms with Gasteiger partial charge < -0.3 is 20.1 Å². The van der Waals surface area contributed by atoms with E-state index < -0.39 is 0 Å². The van der Waals surface area contributed by atoms with Crippen molar-refractivity contribution in [3.05, 3.63) is 100 Å². The Morgan fingerprint density at radius 1 is 1.13 bits per heavy atom. The molecule has 1 unspecified atom stereocenters. The van der Waals surface area contributed by atoms with Crippen LogP contribution in [0.5, 0.6) is 0 Å². The van der Waals surface area contributed by atoms with Gasteiger partial charge in [0, 0.05) is 54.1 Å². The number of aryl methyl sites for hydroxylation is 1. The van der Waals surface area contributed by atoms with Crippen molar-refractivity contribution in [2.24, 2.45) is 5.11 Å². The average molecular weight is 523 g/mol. The monoisotopic (exact) mass is 522 g/mol. The van der Waals surface area contributed by atoms with Gasteiger partial charge in [-0.05, 0) is 66.4 Å². The summed E-state index contributed by atoms with van der Waals surface area (Å²) < 4.78 is 0. The Morgan fingerprint density at radius 3 is 2.74 bits per heavy atom. The largest absolute Gasteiger partial charge is 0.367 e. The molecule has 1 saturated heterocycles. The number of nitrogens with zero attached hydrogens (tertiary/aromatic N) is 6. The molecule has 198 valence electrons. The van der Waals surface area contributed by atoms with Gasteiger partial charge in [0.1, 0.15) is 0 Å². The van der Waals surface area contributed by atoms with Gasteiger partial charge in [0.15, 0.2) is 0 Å². The fourth-order valence-corrected chi connectivity index (χ4v) is 5.08. The summed E-state index contributed by atoms with van der Waals surface area (Å²) in [5.41, 5.74) is 14.8. The number of rotatable bonds is 8. The molecule has 4 aromatic rings. The topological polar surface area (TPSA) is 130 Å². The summed E-state index contributed by atoms with van der Waals surface area (Å²) >= 11 is 0. The Hall–Kier alpha value is -4.82. The molecule has 1 aliphatic rings. The normalized spacial score (nSPS) is 15.2. The van der Waals surface area contributed by atoms with Crippen molar-refractivity contribution in [3.8, 4) is 0 Å². The van der Waals surface area contributed by atoms with Crippen LogP contribution >= 0.6 is 0 Å². The number of para-hydroxylation sites is 1. The first kappa shape index (κ1) is 25.8. The van der Waals surface area contributed by atoms with E-state index >= 15 is 0 Å². The number of fused-ring (bicyclic) bond motifs is 1. The van der Waals surface area contributed by atoms with E-state index in [0.29, 0.717) is 37.3 Å². The van der Waals surface area contributed by atoms with E-state index in [9.17, 15) is 9.59 Å². The highest BCUT2D eigenvalue weighted by molar-refractivity contribution is 6.05. The smallest absolute Gasteiger partial charge is 0.255 e. The van der Waals surface area contributed by atoms with Gasteiger partial charge in [0.2, 0.25) is 5.91 Å². The Balaban J connectivity index is 1.22. The SMILES string of the molecule is Cc1ccccc1N1CCN(C(=O)Cc2ccc(NC(=O)c3ccc4nc[nH]c4c3)cc2)C(CCN=[N+]=[N-])C1. The molecule has 0 bridgehead atoms. The summed E-state index contributed by atoms with van der Waals surface area (Å²) in [6.45, 7) is 4.46. The van der Waals surface area contributed by atoms with Crippen LogP contribution in [0.2, 0.25) is 0 Å². The summed E-state index contributed by atoms with van der Waals surface area (Å²) in [5.74, 6) is -0.181. The number of imidazole rings is 1. The number of hydrogen-bond donors (Lipinski definition) is 2. The third-order valence-electron chi connectivity index (χ3n) is 7.13. The molecule has 1 atom stereocenters. The number of hydrogen-bond acceptors (Lipinski definition) is 5. The highest BCUT2D eigenvalue weighted by Crippen LogP contribution is 2.25. The van der Waals surface area contributed by atoms with Gasteiger partial charge in [-0.15, -0.1) is 0 Å². The van der Waals surface area contributed by atoms with E-state index in [1.807, 2.05) is 41.3 Å². The Bertz CT molecular complexity index is 1520. The number of aromatic amines is 1. The number of carbonyl (C=O) groups is 2. The predicted molar refractivity (Wildman–Crippen MR) is 152 cm³/mol. The van der Waals surface area contributed by atoms with Gasteiger partial charge in [-0.1, -0.05) is 35.4 Å². The predicted octanol–water partition coefficient (Wildman–Crippen LogP) is 5.08. The summed E-state index contributed by atoms with van der Waals surface area (Å²) in [6.07, 6.45) is 2.46. The molecule has 2 N–H and O–H groups in total. The summed E-state index contributed by atoms with van der Waals surface area (Å²) in [6, 6.07) is 20.8. The minimum Gasteiger partial charge on any atom is -0.367 e. The maximum Gasteiger partial charge on any atom is 0.255 e. The maximum atomic E-state index is 13.4. The van der Waals surface area contributed by atoms with Crippen LogP contribution in [0.3, 0.4) is 0 Å². The number of H-pyrrole nitrogens is 1. The van der Waals surface area contributed by atoms with Gasteiger partial charge in [-0.2, -0.15) is 0 Å².